The first-order valence-corrected chi connectivity index (χ1v) is 7.91. The van der Waals surface area contributed by atoms with Gasteiger partial charge in [0.1, 0.15) is 34.8 Å². The van der Waals surface area contributed by atoms with Gasteiger partial charge >= 0.3 is 0 Å². The molecule has 0 fully saturated rings. The van der Waals surface area contributed by atoms with Crippen LogP contribution in [0.25, 0.3) is 33.3 Å². The number of nitrogen functional groups attached to an aromatic ring is 1. The van der Waals surface area contributed by atoms with Crippen molar-refractivity contribution in [1.82, 2.24) is 9.97 Å². The van der Waals surface area contributed by atoms with Gasteiger partial charge in [0.15, 0.2) is 0 Å². The summed E-state index contributed by atoms with van der Waals surface area (Å²) in [5.74, 6) is -3.13. The minimum atomic E-state index is -0.811. The number of hydrogen-bond donors (Lipinski definition) is 1. The number of hydrogen-bond acceptors (Lipinski definition) is 3. The van der Waals surface area contributed by atoms with Crippen LogP contribution < -0.4 is 5.73 Å². The molecule has 0 saturated heterocycles. The van der Waals surface area contributed by atoms with Crippen LogP contribution >= 0.6 is 0 Å². The number of rotatable bonds is 2. The predicted octanol–water partition coefficient (Wildman–Crippen LogP) is 5.10. The molecule has 0 aliphatic rings. The van der Waals surface area contributed by atoms with Gasteiger partial charge in [-0.2, -0.15) is 0 Å². The largest absolute Gasteiger partial charge is 0.384 e. The quantitative estimate of drug-likeness (QED) is 0.500. The number of anilines is 1. The van der Waals surface area contributed by atoms with Gasteiger partial charge in [-0.3, -0.25) is 4.98 Å². The number of nitrogens with two attached hydrogens (primary N) is 1. The van der Waals surface area contributed by atoms with Gasteiger partial charge in [0, 0.05) is 23.2 Å². The highest BCUT2D eigenvalue weighted by molar-refractivity contribution is 6.01. The van der Waals surface area contributed by atoms with Crippen molar-refractivity contribution in [2.24, 2.45) is 0 Å². The van der Waals surface area contributed by atoms with Crippen molar-refractivity contribution in [1.29, 1.82) is 0 Å². The number of halogens is 4. The molecule has 2 aromatic heterocycles. The zero-order chi connectivity index (χ0) is 19.1. The Morgan fingerprint density at radius 3 is 2.22 bits per heavy atom. The van der Waals surface area contributed by atoms with Gasteiger partial charge < -0.3 is 5.73 Å². The third-order valence-corrected chi connectivity index (χ3v) is 4.17. The van der Waals surface area contributed by atoms with Crippen LogP contribution in [0.4, 0.5) is 23.4 Å². The smallest absolute Gasteiger partial charge is 0.135 e. The van der Waals surface area contributed by atoms with E-state index in [0.29, 0.717) is 10.9 Å². The van der Waals surface area contributed by atoms with E-state index in [2.05, 4.69) is 9.97 Å². The average molecular weight is 369 g/mol. The number of benzene rings is 2. The Labute approximate surface area is 151 Å². The number of fused-ring (bicyclic) bond motifs is 1. The van der Waals surface area contributed by atoms with Crippen molar-refractivity contribution in [3.8, 4) is 22.4 Å². The van der Waals surface area contributed by atoms with Crippen molar-refractivity contribution in [2.75, 3.05) is 5.73 Å². The van der Waals surface area contributed by atoms with Gasteiger partial charge in [-0.15, -0.1) is 0 Å². The maximum Gasteiger partial charge on any atom is 0.135 e. The van der Waals surface area contributed by atoms with Crippen LogP contribution in [0.5, 0.6) is 0 Å². The lowest BCUT2D eigenvalue weighted by atomic mass is 9.98. The Hall–Kier alpha value is -3.48. The van der Waals surface area contributed by atoms with E-state index in [9.17, 15) is 17.6 Å². The van der Waals surface area contributed by atoms with Gasteiger partial charge in [-0.05, 0) is 42.0 Å². The molecule has 0 atom stereocenters. The van der Waals surface area contributed by atoms with Crippen LogP contribution in [0.2, 0.25) is 0 Å². The molecule has 3 nitrogen and oxygen atoms in total. The molecule has 0 saturated carbocycles. The van der Waals surface area contributed by atoms with Crippen molar-refractivity contribution in [3.63, 3.8) is 0 Å². The first kappa shape index (κ1) is 17.0. The first-order chi connectivity index (χ1) is 13.0. The Morgan fingerprint density at radius 1 is 0.778 bits per heavy atom. The second-order valence-corrected chi connectivity index (χ2v) is 5.87. The van der Waals surface area contributed by atoms with Crippen molar-refractivity contribution >= 4 is 16.7 Å². The topological polar surface area (TPSA) is 51.8 Å². The molecule has 0 aliphatic carbocycles. The van der Waals surface area contributed by atoms with Gasteiger partial charge in [-0.1, -0.05) is 6.07 Å². The molecule has 7 heteroatoms. The lowest BCUT2D eigenvalue weighted by Crippen LogP contribution is -1.99. The Morgan fingerprint density at radius 2 is 1.52 bits per heavy atom. The number of nitrogens with zero attached hydrogens (tertiary/aromatic N) is 2. The monoisotopic (exact) mass is 369 g/mol. The molecule has 27 heavy (non-hydrogen) atoms. The van der Waals surface area contributed by atoms with Crippen LogP contribution in [0.1, 0.15) is 0 Å². The summed E-state index contributed by atoms with van der Waals surface area (Å²) < 4.78 is 56.1. The predicted molar refractivity (Wildman–Crippen MR) is 94.7 cm³/mol. The molecule has 0 bridgehead atoms. The molecule has 0 unspecified atom stereocenters. The summed E-state index contributed by atoms with van der Waals surface area (Å²) in [7, 11) is 0. The molecule has 2 aromatic carbocycles. The van der Waals surface area contributed by atoms with E-state index in [4.69, 9.17) is 5.73 Å². The highest BCUT2D eigenvalue weighted by Crippen LogP contribution is 2.36. The Kier molecular flexibility index (Phi) is 3.99. The first-order valence-electron chi connectivity index (χ1n) is 7.91. The lowest BCUT2D eigenvalue weighted by Gasteiger charge is -2.12. The van der Waals surface area contributed by atoms with Crippen LogP contribution in [-0.4, -0.2) is 9.97 Å². The molecule has 0 spiro atoms. The SMILES string of the molecule is Nc1cc(-c2ccc(F)cc2F)c2ccnc(-c3c(F)cccc3F)c2n1. The summed E-state index contributed by atoms with van der Waals surface area (Å²) in [6, 6.07) is 9.51. The summed E-state index contributed by atoms with van der Waals surface area (Å²) in [6.07, 6.45) is 1.34. The molecule has 2 heterocycles. The van der Waals surface area contributed by atoms with E-state index < -0.39 is 23.3 Å². The molecular weight excluding hydrogens is 358 g/mol. The molecule has 0 aliphatic heterocycles. The molecule has 0 radical (unpaired) electrons. The molecule has 0 amide bonds. The standard InChI is InChI=1S/C20H11F4N3/c21-10-4-5-11(16(24)8-10)13-9-17(25)27-19-12(13)6-7-26-20(19)18-14(22)2-1-3-15(18)23/h1-9H,(H2,25,27). The molecule has 2 N–H and O–H groups in total. The Bertz CT molecular complexity index is 1170. The second-order valence-electron chi connectivity index (χ2n) is 5.87. The highest BCUT2D eigenvalue weighted by Gasteiger charge is 2.19. The normalized spacial score (nSPS) is 11.1. The van der Waals surface area contributed by atoms with Gasteiger partial charge in [0.05, 0.1) is 11.1 Å². The van der Waals surface area contributed by atoms with Crippen LogP contribution in [0, 0.1) is 23.3 Å². The maximum atomic E-state index is 14.3. The zero-order valence-electron chi connectivity index (χ0n) is 13.7. The summed E-state index contributed by atoms with van der Waals surface area (Å²) in [5.41, 5.74) is 5.94. The minimum absolute atomic E-state index is 0.00669. The number of aromatic nitrogens is 2. The van der Waals surface area contributed by atoms with Gasteiger partial charge in [0.2, 0.25) is 0 Å². The fourth-order valence-corrected chi connectivity index (χ4v) is 3.01. The minimum Gasteiger partial charge on any atom is -0.384 e. The van der Waals surface area contributed by atoms with E-state index in [1.807, 2.05) is 0 Å². The third-order valence-electron chi connectivity index (χ3n) is 4.17. The maximum absolute atomic E-state index is 14.3. The van der Waals surface area contributed by atoms with E-state index in [1.54, 1.807) is 0 Å². The number of pyridine rings is 2. The summed E-state index contributed by atoms with van der Waals surface area (Å²) in [6.45, 7) is 0. The second kappa shape index (κ2) is 6.35. The van der Waals surface area contributed by atoms with E-state index in [-0.39, 0.29) is 28.2 Å². The average Bonchev–Trinajstić information content (AvgIpc) is 2.61. The molecule has 134 valence electrons. The van der Waals surface area contributed by atoms with Crippen molar-refractivity contribution in [2.45, 2.75) is 0 Å². The Balaban J connectivity index is 2.08. The van der Waals surface area contributed by atoms with Gasteiger partial charge in [0.25, 0.3) is 0 Å². The van der Waals surface area contributed by atoms with Crippen molar-refractivity contribution < 1.29 is 17.6 Å². The lowest BCUT2D eigenvalue weighted by molar-refractivity contribution is 0.585. The van der Waals surface area contributed by atoms with Crippen LogP contribution in [0.3, 0.4) is 0 Å². The fourth-order valence-electron chi connectivity index (χ4n) is 3.01. The van der Waals surface area contributed by atoms with Crippen LogP contribution in [-0.2, 0) is 0 Å². The fraction of sp³-hybridized carbons (Fsp3) is 0. The molecule has 4 rings (SSSR count). The van der Waals surface area contributed by atoms with Crippen molar-refractivity contribution in [3.05, 3.63) is 78.0 Å². The third kappa shape index (κ3) is 2.87. The zero-order valence-corrected chi connectivity index (χ0v) is 13.7. The van der Waals surface area contributed by atoms with Gasteiger partial charge in [-0.25, -0.2) is 22.5 Å². The molecular formula is C20H11F4N3. The molecule has 4 aromatic rings. The highest BCUT2D eigenvalue weighted by atomic mass is 19.1. The van der Waals surface area contributed by atoms with E-state index in [1.165, 1.54) is 30.5 Å². The summed E-state index contributed by atoms with van der Waals surface area (Å²) >= 11 is 0. The van der Waals surface area contributed by atoms with Crippen LogP contribution in [0.15, 0.2) is 54.7 Å². The van der Waals surface area contributed by atoms with E-state index in [0.717, 1.165) is 24.3 Å². The summed E-state index contributed by atoms with van der Waals surface area (Å²) in [4.78, 5) is 8.21. The van der Waals surface area contributed by atoms with E-state index >= 15 is 0 Å². The summed E-state index contributed by atoms with van der Waals surface area (Å²) in [5, 5.41) is 0.377.